The molecule has 188 valence electrons. The first-order valence-corrected chi connectivity index (χ1v) is 14.0. The maximum Gasteiger partial charge on any atom is 1.00 e. The average Bonchev–Trinajstić information content (AvgIpc) is 2.77. The van der Waals surface area contributed by atoms with Crippen molar-refractivity contribution in [2.24, 2.45) is 5.92 Å². The molecule has 0 heterocycles. The molecular formula is C27H29Br2NaO5S. The SMILES string of the molecule is CC1=C(Br)C(=O)C(C(C)C)=C/C1=C\c1ccccc1S(=O)(=O)[O-].Cc1ccc(C(C)C)c(O)c1Br.[Na+]. The van der Waals surface area contributed by atoms with E-state index in [1.54, 1.807) is 31.2 Å². The summed E-state index contributed by atoms with van der Waals surface area (Å²) in [6.45, 7) is 11.7. The summed E-state index contributed by atoms with van der Waals surface area (Å²) in [6, 6.07) is 10.0. The molecule has 2 aromatic carbocycles. The van der Waals surface area contributed by atoms with Gasteiger partial charge in [-0.2, -0.15) is 0 Å². The number of rotatable bonds is 4. The van der Waals surface area contributed by atoms with Crippen LogP contribution in [0.15, 0.2) is 73.0 Å². The molecule has 0 radical (unpaired) electrons. The predicted molar refractivity (Wildman–Crippen MR) is 147 cm³/mol. The molecule has 0 unspecified atom stereocenters. The van der Waals surface area contributed by atoms with Crippen LogP contribution in [0.2, 0.25) is 0 Å². The van der Waals surface area contributed by atoms with Crippen molar-refractivity contribution in [2.75, 3.05) is 0 Å². The van der Waals surface area contributed by atoms with Gasteiger partial charge in [0, 0.05) is 5.57 Å². The van der Waals surface area contributed by atoms with Gasteiger partial charge in [-0.05, 0) is 104 Å². The number of aryl methyl sites for hydroxylation is 1. The third-order valence-electron chi connectivity index (χ3n) is 5.62. The van der Waals surface area contributed by atoms with Crippen molar-refractivity contribution in [1.82, 2.24) is 0 Å². The fraction of sp³-hybridized carbons (Fsp3) is 0.296. The maximum absolute atomic E-state index is 12.3. The van der Waals surface area contributed by atoms with Crippen LogP contribution in [-0.2, 0) is 14.9 Å². The van der Waals surface area contributed by atoms with E-state index >= 15 is 0 Å². The molecule has 9 heteroatoms. The van der Waals surface area contributed by atoms with Gasteiger partial charge in [0.2, 0.25) is 0 Å². The van der Waals surface area contributed by atoms with Crippen LogP contribution in [0.3, 0.4) is 0 Å². The van der Waals surface area contributed by atoms with Gasteiger partial charge in [-0.3, -0.25) is 4.79 Å². The number of Topliss-reactive ketones (excluding diaryl/α,β-unsaturated/α-hetero) is 1. The van der Waals surface area contributed by atoms with Gasteiger partial charge in [0.05, 0.1) is 13.9 Å². The Morgan fingerprint density at radius 2 is 1.56 bits per heavy atom. The second kappa shape index (κ2) is 13.7. The van der Waals surface area contributed by atoms with Crippen LogP contribution in [0.25, 0.3) is 6.08 Å². The van der Waals surface area contributed by atoms with Gasteiger partial charge < -0.3 is 9.66 Å². The number of carbonyl (C=O) groups excluding carboxylic acids is 1. The molecule has 0 bridgehead atoms. The van der Waals surface area contributed by atoms with E-state index in [0.29, 0.717) is 38.4 Å². The second-order valence-electron chi connectivity index (χ2n) is 8.90. The third-order valence-corrected chi connectivity index (χ3v) is 8.48. The molecule has 0 saturated carbocycles. The topological polar surface area (TPSA) is 94.5 Å². The summed E-state index contributed by atoms with van der Waals surface area (Å²) in [5, 5.41) is 9.70. The normalized spacial score (nSPS) is 15.0. The Balaban J connectivity index is 0.000000422. The number of halogens is 2. The molecule has 0 saturated heterocycles. The molecule has 1 aliphatic rings. The van der Waals surface area contributed by atoms with Gasteiger partial charge in [-0.25, -0.2) is 8.42 Å². The van der Waals surface area contributed by atoms with Crippen molar-refractivity contribution in [3.05, 3.63) is 84.8 Å². The summed E-state index contributed by atoms with van der Waals surface area (Å²) >= 11 is 6.66. The minimum Gasteiger partial charge on any atom is -0.744 e. The zero-order valence-corrected chi connectivity index (χ0v) is 27.5. The predicted octanol–water partition coefficient (Wildman–Crippen LogP) is 4.40. The molecule has 0 amide bonds. The Labute approximate surface area is 253 Å². The zero-order valence-electron chi connectivity index (χ0n) is 21.5. The number of ketones is 1. The van der Waals surface area contributed by atoms with Crippen molar-refractivity contribution < 1.29 is 52.4 Å². The Morgan fingerprint density at radius 1 is 0.972 bits per heavy atom. The average molecular weight is 648 g/mol. The first kappa shape index (κ1) is 33.0. The van der Waals surface area contributed by atoms with E-state index in [1.807, 2.05) is 32.9 Å². The minimum atomic E-state index is -4.57. The third kappa shape index (κ3) is 8.00. The van der Waals surface area contributed by atoms with E-state index in [2.05, 4.69) is 45.7 Å². The summed E-state index contributed by atoms with van der Waals surface area (Å²) in [7, 11) is -4.57. The number of phenolic OH excluding ortho intramolecular Hbond substituents is 1. The molecule has 2 aromatic rings. The molecule has 5 nitrogen and oxygen atoms in total. The number of phenols is 1. The molecule has 1 N–H and O–H groups in total. The second-order valence-corrected chi connectivity index (χ2v) is 11.8. The number of hydrogen-bond donors (Lipinski definition) is 1. The fourth-order valence-corrected chi connectivity index (χ4v) is 4.96. The number of hydrogen-bond acceptors (Lipinski definition) is 5. The van der Waals surface area contributed by atoms with Crippen LogP contribution < -0.4 is 29.6 Å². The number of carbonyl (C=O) groups is 1. The summed E-state index contributed by atoms with van der Waals surface area (Å²) in [5.74, 6) is 0.705. The summed E-state index contributed by atoms with van der Waals surface area (Å²) in [6.07, 6.45) is 3.37. The van der Waals surface area contributed by atoms with Crippen LogP contribution in [0.4, 0.5) is 0 Å². The smallest absolute Gasteiger partial charge is 0.744 e. The zero-order chi connectivity index (χ0) is 26.7. The Bertz CT molecular complexity index is 1340. The van der Waals surface area contributed by atoms with Crippen molar-refractivity contribution in [3.63, 3.8) is 0 Å². The standard InChI is InChI=1S/C17H17BrO4S.C10H13BrO.Na/c1-10(2)14-9-13(11(3)16(18)17(14)19)8-12-6-4-5-7-15(12)23(20,21)22;1-6(2)8-5-4-7(3)9(11)10(8)12;/h4-10H,1-3H3,(H,20,21,22);4-6,12H,1-3H3;/q;;+1/p-1/b13-8+;;. The van der Waals surface area contributed by atoms with Gasteiger partial charge in [0.15, 0.2) is 5.78 Å². The van der Waals surface area contributed by atoms with E-state index in [0.717, 1.165) is 15.6 Å². The van der Waals surface area contributed by atoms with Crippen LogP contribution in [-0.4, -0.2) is 23.9 Å². The summed E-state index contributed by atoms with van der Waals surface area (Å²) in [5.41, 5.74) is 4.42. The quantitative estimate of drug-likeness (QED) is 0.392. The van der Waals surface area contributed by atoms with Gasteiger partial charge in [-0.1, -0.05) is 58.0 Å². The minimum absolute atomic E-state index is 0. The van der Waals surface area contributed by atoms with E-state index in [9.17, 15) is 22.9 Å². The maximum atomic E-state index is 12.3. The Hall–Kier alpha value is -1.000. The van der Waals surface area contributed by atoms with Crippen LogP contribution >= 0.6 is 31.9 Å². The van der Waals surface area contributed by atoms with Crippen LogP contribution in [0, 0.1) is 12.8 Å². The molecule has 1 aliphatic carbocycles. The van der Waals surface area contributed by atoms with Gasteiger partial charge >= 0.3 is 29.6 Å². The largest absolute Gasteiger partial charge is 1.00 e. The summed E-state index contributed by atoms with van der Waals surface area (Å²) in [4.78, 5) is 12.0. The molecule has 0 spiro atoms. The molecule has 0 atom stereocenters. The fourth-order valence-electron chi connectivity index (χ4n) is 3.49. The Morgan fingerprint density at radius 3 is 2.08 bits per heavy atom. The van der Waals surface area contributed by atoms with E-state index in [1.165, 1.54) is 12.1 Å². The van der Waals surface area contributed by atoms with Crippen LogP contribution in [0.5, 0.6) is 5.75 Å². The molecule has 0 aromatic heterocycles. The van der Waals surface area contributed by atoms with Crippen molar-refractivity contribution in [3.8, 4) is 5.75 Å². The number of aromatic hydroxyl groups is 1. The molecular weight excluding hydrogens is 619 g/mol. The number of benzene rings is 2. The monoisotopic (exact) mass is 646 g/mol. The van der Waals surface area contributed by atoms with E-state index < -0.39 is 10.1 Å². The van der Waals surface area contributed by atoms with Gasteiger partial charge in [-0.15, -0.1) is 0 Å². The Kier molecular flexibility index (Phi) is 12.6. The van der Waals surface area contributed by atoms with E-state index in [4.69, 9.17) is 0 Å². The van der Waals surface area contributed by atoms with Crippen molar-refractivity contribution in [2.45, 2.75) is 52.4 Å². The first-order chi connectivity index (χ1) is 16.2. The van der Waals surface area contributed by atoms with Crippen molar-refractivity contribution >= 4 is 53.8 Å². The van der Waals surface area contributed by atoms with Crippen molar-refractivity contribution in [1.29, 1.82) is 0 Å². The number of allylic oxidation sites excluding steroid dienone is 5. The molecule has 0 aliphatic heterocycles. The summed E-state index contributed by atoms with van der Waals surface area (Å²) < 4.78 is 35.4. The van der Waals surface area contributed by atoms with E-state index in [-0.39, 0.29) is 46.2 Å². The molecule has 3 rings (SSSR count). The van der Waals surface area contributed by atoms with Crippen LogP contribution in [0.1, 0.15) is 57.2 Å². The molecule has 0 fully saturated rings. The van der Waals surface area contributed by atoms with Gasteiger partial charge in [0.1, 0.15) is 15.9 Å². The molecule has 36 heavy (non-hydrogen) atoms. The first-order valence-electron chi connectivity index (χ1n) is 11.0. The van der Waals surface area contributed by atoms with Gasteiger partial charge in [0.25, 0.3) is 0 Å².